The number of halogens is 1. The Hall–Kier alpha value is -0.880. The molecule has 0 spiro atoms. The average molecular weight is 359 g/mol. The van der Waals surface area contributed by atoms with Crippen molar-refractivity contribution in [3.63, 3.8) is 0 Å². The second-order valence-electron chi connectivity index (χ2n) is 6.51. The van der Waals surface area contributed by atoms with Gasteiger partial charge in [-0.15, -0.1) is 0 Å². The van der Waals surface area contributed by atoms with E-state index < -0.39 is 0 Å². The summed E-state index contributed by atoms with van der Waals surface area (Å²) in [5.74, 6) is 0. The van der Waals surface area contributed by atoms with E-state index in [4.69, 9.17) is 0 Å². The molecule has 1 N–H and O–H groups in total. The first-order chi connectivity index (χ1) is 9.76. The van der Waals surface area contributed by atoms with Gasteiger partial charge in [0.1, 0.15) is 4.47 Å². The van der Waals surface area contributed by atoms with Crippen LogP contribution in [-0.4, -0.2) is 41.9 Å². The Labute approximate surface area is 135 Å². The fraction of sp³-hybridized carbons (Fsp3) is 0.733. The summed E-state index contributed by atoms with van der Waals surface area (Å²) >= 11 is 3.40. The van der Waals surface area contributed by atoms with Gasteiger partial charge >= 0.3 is 0 Å². The third-order valence-corrected chi connectivity index (χ3v) is 3.98. The highest BCUT2D eigenvalue weighted by atomic mass is 79.9. The second kappa shape index (κ2) is 7.94. The fourth-order valence-electron chi connectivity index (χ4n) is 2.30. The van der Waals surface area contributed by atoms with Gasteiger partial charge < -0.3 is 10.2 Å². The molecule has 0 fully saturated rings. The van der Waals surface area contributed by atoms with Crippen LogP contribution in [0.25, 0.3) is 0 Å². The van der Waals surface area contributed by atoms with E-state index in [0.29, 0.717) is 11.0 Å². The maximum atomic E-state index is 12.2. The van der Waals surface area contributed by atoms with Crippen LogP contribution in [0.3, 0.4) is 0 Å². The number of hydrogen-bond donors (Lipinski definition) is 1. The minimum absolute atomic E-state index is 0.0705. The summed E-state index contributed by atoms with van der Waals surface area (Å²) in [6.45, 7) is 8.92. The molecular weight excluding hydrogens is 332 g/mol. The molecule has 0 bridgehead atoms. The van der Waals surface area contributed by atoms with E-state index in [1.54, 1.807) is 6.20 Å². The number of unbranched alkanes of at least 4 members (excludes halogenated alkanes) is 1. The van der Waals surface area contributed by atoms with Crippen LogP contribution in [0.5, 0.6) is 0 Å². The lowest BCUT2D eigenvalue weighted by Gasteiger charge is -2.29. The topological polar surface area (TPSA) is 50.2 Å². The molecule has 1 rings (SSSR count). The highest BCUT2D eigenvalue weighted by molar-refractivity contribution is 9.10. The van der Waals surface area contributed by atoms with E-state index in [2.05, 4.69) is 66.1 Å². The van der Waals surface area contributed by atoms with Crippen LogP contribution < -0.4 is 10.9 Å². The fourth-order valence-corrected chi connectivity index (χ4v) is 2.75. The third-order valence-electron chi connectivity index (χ3n) is 3.21. The van der Waals surface area contributed by atoms with Gasteiger partial charge in [0.05, 0.1) is 11.9 Å². The molecule has 6 heteroatoms. The minimum Gasteiger partial charge on any atom is -0.382 e. The molecule has 1 aromatic heterocycles. The molecule has 1 heterocycles. The summed E-state index contributed by atoms with van der Waals surface area (Å²) in [4.78, 5) is 14.4. The van der Waals surface area contributed by atoms with Gasteiger partial charge in [-0.1, -0.05) is 27.2 Å². The van der Waals surface area contributed by atoms with Crippen molar-refractivity contribution >= 4 is 21.6 Å². The lowest BCUT2D eigenvalue weighted by atomic mass is 9.93. The number of aromatic nitrogens is 2. The van der Waals surface area contributed by atoms with Crippen molar-refractivity contribution in [1.82, 2.24) is 14.7 Å². The van der Waals surface area contributed by atoms with Crippen LogP contribution in [0.15, 0.2) is 15.5 Å². The average Bonchev–Trinajstić information content (AvgIpc) is 2.38. The molecule has 0 aliphatic carbocycles. The summed E-state index contributed by atoms with van der Waals surface area (Å²) in [6.07, 6.45) is 3.74. The predicted octanol–water partition coefficient (Wildman–Crippen LogP) is 2.81. The molecule has 0 aliphatic rings. The Morgan fingerprint density at radius 3 is 2.67 bits per heavy atom. The predicted molar refractivity (Wildman–Crippen MR) is 91.9 cm³/mol. The largest absolute Gasteiger partial charge is 0.382 e. The van der Waals surface area contributed by atoms with Crippen LogP contribution >= 0.6 is 15.9 Å². The lowest BCUT2D eigenvalue weighted by Crippen LogP contribution is -2.35. The molecule has 21 heavy (non-hydrogen) atoms. The van der Waals surface area contributed by atoms with Crippen molar-refractivity contribution in [2.45, 2.75) is 40.2 Å². The van der Waals surface area contributed by atoms with Gasteiger partial charge in [0.15, 0.2) is 0 Å². The second-order valence-corrected chi connectivity index (χ2v) is 7.30. The normalized spacial score (nSPS) is 12.0. The Morgan fingerprint density at radius 1 is 1.43 bits per heavy atom. The number of hydrogen-bond acceptors (Lipinski definition) is 4. The zero-order valence-electron chi connectivity index (χ0n) is 13.7. The van der Waals surface area contributed by atoms with E-state index in [1.807, 2.05) is 0 Å². The highest BCUT2D eigenvalue weighted by Crippen LogP contribution is 2.21. The molecule has 0 saturated carbocycles. The summed E-state index contributed by atoms with van der Waals surface area (Å²) < 4.78 is 2.08. The van der Waals surface area contributed by atoms with Gasteiger partial charge in [0, 0.05) is 19.6 Å². The Kier molecular flexibility index (Phi) is 6.87. The first kappa shape index (κ1) is 18.2. The number of anilines is 1. The van der Waals surface area contributed by atoms with E-state index in [-0.39, 0.29) is 11.0 Å². The van der Waals surface area contributed by atoms with Gasteiger partial charge in [-0.3, -0.25) is 4.79 Å². The highest BCUT2D eigenvalue weighted by Gasteiger charge is 2.19. The molecule has 0 aromatic carbocycles. The number of rotatable bonds is 8. The molecule has 0 atom stereocenters. The Morgan fingerprint density at radius 2 is 2.10 bits per heavy atom. The molecular formula is C15H27BrN4O. The van der Waals surface area contributed by atoms with Gasteiger partial charge in [0.2, 0.25) is 0 Å². The zero-order valence-corrected chi connectivity index (χ0v) is 15.3. The quantitative estimate of drug-likeness (QED) is 0.776. The van der Waals surface area contributed by atoms with Gasteiger partial charge in [0.25, 0.3) is 5.56 Å². The molecule has 5 nitrogen and oxygen atoms in total. The minimum atomic E-state index is -0.0705. The number of aryl methyl sites for hydroxylation is 1. The number of nitrogens with zero attached hydrogens (tertiary/aromatic N) is 3. The van der Waals surface area contributed by atoms with Crippen molar-refractivity contribution < 1.29 is 0 Å². The third kappa shape index (κ3) is 5.79. The van der Waals surface area contributed by atoms with Crippen LogP contribution in [0, 0.1) is 5.41 Å². The standard InChI is InChI=1S/C15H27BrN4O/c1-6-7-8-20-14(21)13(16)12(9-18-20)17-10-15(2,3)11-19(4)5/h9,17H,6-8,10-11H2,1-5H3. The van der Waals surface area contributed by atoms with Gasteiger partial charge in [-0.05, 0) is 41.9 Å². The first-order valence-corrected chi connectivity index (χ1v) is 8.20. The van der Waals surface area contributed by atoms with Crippen LogP contribution in [0.4, 0.5) is 5.69 Å². The maximum absolute atomic E-state index is 12.2. The summed E-state index contributed by atoms with van der Waals surface area (Å²) in [7, 11) is 4.13. The summed E-state index contributed by atoms with van der Waals surface area (Å²) in [5, 5.41) is 7.57. The summed E-state index contributed by atoms with van der Waals surface area (Å²) in [5.41, 5.74) is 0.804. The van der Waals surface area contributed by atoms with Crippen molar-refractivity contribution in [3.05, 3.63) is 21.0 Å². The molecule has 0 unspecified atom stereocenters. The molecule has 0 radical (unpaired) electrons. The SMILES string of the molecule is CCCCn1ncc(NCC(C)(C)CN(C)C)c(Br)c1=O. The lowest BCUT2D eigenvalue weighted by molar-refractivity contribution is 0.254. The van der Waals surface area contributed by atoms with Crippen LogP contribution in [-0.2, 0) is 6.54 Å². The Balaban J connectivity index is 2.77. The smallest absolute Gasteiger partial charge is 0.283 e. The van der Waals surface area contributed by atoms with E-state index in [1.165, 1.54) is 4.68 Å². The van der Waals surface area contributed by atoms with Crippen molar-refractivity contribution in [2.24, 2.45) is 5.41 Å². The van der Waals surface area contributed by atoms with E-state index >= 15 is 0 Å². The molecule has 1 aromatic rings. The van der Waals surface area contributed by atoms with Crippen LogP contribution in [0.2, 0.25) is 0 Å². The zero-order chi connectivity index (χ0) is 16.0. The van der Waals surface area contributed by atoms with Gasteiger partial charge in [-0.2, -0.15) is 5.10 Å². The van der Waals surface area contributed by atoms with Gasteiger partial charge in [-0.25, -0.2) is 4.68 Å². The van der Waals surface area contributed by atoms with Crippen LogP contribution in [0.1, 0.15) is 33.6 Å². The molecule has 0 amide bonds. The van der Waals surface area contributed by atoms with E-state index in [9.17, 15) is 4.79 Å². The van der Waals surface area contributed by atoms with Crippen molar-refractivity contribution in [1.29, 1.82) is 0 Å². The maximum Gasteiger partial charge on any atom is 0.283 e. The summed E-state index contributed by atoms with van der Waals surface area (Å²) in [6, 6.07) is 0. The molecule has 0 saturated heterocycles. The van der Waals surface area contributed by atoms with Crippen molar-refractivity contribution in [2.75, 3.05) is 32.5 Å². The first-order valence-electron chi connectivity index (χ1n) is 7.41. The molecule has 0 aliphatic heterocycles. The number of nitrogens with one attached hydrogen (secondary N) is 1. The van der Waals surface area contributed by atoms with Crippen molar-refractivity contribution in [3.8, 4) is 0 Å². The Bertz CT molecular complexity index is 511. The molecule has 120 valence electrons. The monoisotopic (exact) mass is 358 g/mol. The van der Waals surface area contributed by atoms with E-state index in [0.717, 1.165) is 31.6 Å².